The first-order valence-electron chi connectivity index (χ1n) is 8.76. The molecule has 1 saturated heterocycles. The van der Waals surface area contributed by atoms with Gasteiger partial charge in [-0.05, 0) is 50.8 Å². The van der Waals surface area contributed by atoms with E-state index in [4.69, 9.17) is 0 Å². The minimum atomic E-state index is 0.436. The van der Waals surface area contributed by atoms with Gasteiger partial charge in [0.25, 0.3) is 0 Å². The quantitative estimate of drug-likeness (QED) is 0.904. The summed E-state index contributed by atoms with van der Waals surface area (Å²) in [4.78, 5) is 2.74. The number of nitrogens with zero attached hydrogens (tertiary/aromatic N) is 1. The summed E-state index contributed by atoms with van der Waals surface area (Å²) < 4.78 is 0. The average Bonchev–Trinajstić information content (AvgIpc) is 2.56. The van der Waals surface area contributed by atoms with Crippen LogP contribution >= 0.6 is 0 Å². The van der Waals surface area contributed by atoms with Crippen molar-refractivity contribution in [2.45, 2.75) is 51.1 Å². The number of likely N-dealkylation sites (tertiary alicyclic amines) is 1. The fraction of sp³-hybridized carbons (Fsp3) is 0.684. The minimum absolute atomic E-state index is 0.436. The molecule has 0 amide bonds. The van der Waals surface area contributed by atoms with Crippen LogP contribution in [0.1, 0.15) is 50.6 Å². The van der Waals surface area contributed by atoms with Gasteiger partial charge in [0.15, 0.2) is 0 Å². The zero-order chi connectivity index (χ0) is 14.7. The van der Waals surface area contributed by atoms with Crippen LogP contribution in [0.2, 0.25) is 0 Å². The van der Waals surface area contributed by atoms with Crippen LogP contribution in [0.3, 0.4) is 0 Å². The van der Waals surface area contributed by atoms with E-state index in [1.54, 1.807) is 0 Å². The Kier molecular flexibility index (Phi) is 4.97. The smallest absolute Gasteiger partial charge is 0.0473 e. The second kappa shape index (κ2) is 6.93. The lowest BCUT2D eigenvalue weighted by molar-refractivity contribution is 0.0502. The standard InChI is InChI=1S/C19H30N2/c1-15(19(20-2)17-9-4-3-5-10-17)21-13-12-16-8-6-7-11-18(16)14-21/h3-5,9-10,15-16,18-20H,6-8,11-14H2,1-2H3. The van der Waals surface area contributed by atoms with Gasteiger partial charge >= 0.3 is 0 Å². The van der Waals surface area contributed by atoms with E-state index < -0.39 is 0 Å². The predicted molar refractivity (Wildman–Crippen MR) is 89.3 cm³/mol. The molecule has 4 atom stereocenters. The average molecular weight is 286 g/mol. The normalized spacial score (nSPS) is 29.6. The topological polar surface area (TPSA) is 15.3 Å². The molecule has 1 aliphatic heterocycles. The lowest BCUT2D eigenvalue weighted by Crippen LogP contribution is -2.49. The van der Waals surface area contributed by atoms with Gasteiger partial charge < -0.3 is 5.32 Å². The summed E-state index contributed by atoms with van der Waals surface area (Å²) >= 11 is 0. The molecule has 0 bridgehead atoms. The summed E-state index contributed by atoms with van der Waals surface area (Å²) in [5.74, 6) is 1.98. The fourth-order valence-electron chi connectivity index (χ4n) is 4.56. The second-order valence-corrected chi connectivity index (χ2v) is 7.01. The molecule has 21 heavy (non-hydrogen) atoms. The molecule has 2 fully saturated rings. The molecule has 0 aromatic heterocycles. The summed E-state index contributed by atoms with van der Waals surface area (Å²) in [5.41, 5.74) is 1.42. The van der Waals surface area contributed by atoms with Gasteiger partial charge in [-0.1, -0.05) is 49.6 Å². The molecule has 1 aromatic carbocycles. The maximum absolute atomic E-state index is 3.55. The zero-order valence-corrected chi connectivity index (χ0v) is 13.6. The van der Waals surface area contributed by atoms with Crippen molar-refractivity contribution in [3.05, 3.63) is 35.9 Å². The molecule has 1 aliphatic carbocycles. The third-order valence-electron chi connectivity index (χ3n) is 5.85. The molecule has 2 aliphatic rings. The van der Waals surface area contributed by atoms with Crippen molar-refractivity contribution >= 4 is 0 Å². The highest BCUT2D eigenvalue weighted by Crippen LogP contribution is 2.37. The third kappa shape index (κ3) is 3.32. The van der Waals surface area contributed by atoms with Crippen LogP contribution in [0.15, 0.2) is 30.3 Å². The molecule has 116 valence electrons. The SMILES string of the molecule is CNC(c1ccccc1)C(C)N1CCC2CCCCC2C1. The Morgan fingerprint density at radius 3 is 2.48 bits per heavy atom. The van der Waals surface area contributed by atoms with Crippen molar-refractivity contribution in [1.29, 1.82) is 0 Å². The van der Waals surface area contributed by atoms with Gasteiger partial charge in [-0.2, -0.15) is 0 Å². The van der Waals surface area contributed by atoms with E-state index >= 15 is 0 Å². The lowest BCUT2D eigenvalue weighted by Gasteiger charge is -2.45. The molecular formula is C19H30N2. The van der Waals surface area contributed by atoms with Crippen LogP contribution in [0.25, 0.3) is 0 Å². The number of hydrogen-bond acceptors (Lipinski definition) is 2. The van der Waals surface area contributed by atoms with Crippen molar-refractivity contribution in [3.8, 4) is 0 Å². The van der Waals surface area contributed by atoms with Crippen molar-refractivity contribution in [2.75, 3.05) is 20.1 Å². The second-order valence-electron chi connectivity index (χ2n) is 7.01. The largest absolute Gasteiger partial charge is 0.312 e. The Balaban J connectivity index is 1.67. The third-order valence-corrected chi connectivity index (χ3v) is 5.85. The highest BCUT2D eigenvalue weighted by Gasteiger charge is 2.34. The highest BCUT2D eigenvalue weighted by atomic mass is 15.2. The van der Waals surface area contributed by atoms with Gasteiger partial charge in [0, 0.05) is 18.6 Å². The maximum atomic E-state index is 3.55. The maximum Gasteiger partial charge on any atom is 0.0473 e. The van der Waals surface area contributed by atoms with E-state index in [-0.39, 0.29) is 0 Å². The van der Waals surface area contributed by atoms with Gasteiger partial charge in [-0.3, -0.25) is 4.90 Å². The first-order valence-corrected chi connectivity index (χ1v) is 8.76. The summed E-state index contributed by atoms with van der Waals surface area (Å²) in [6, 6.07) is 11.9. The van der Waals surface area contributed by atoms with E-state index in [2.05, 4.69) is 54.5 Å². The number of nitrogens with one attached hydrogen (secondary N) is 1. The fourth-order valence-corrected chi connectivity index (χ4v) is 4.56. The number of fused-ring (bicyclic) bond motifs is 1. The van der Waals surface area contributed by atoms with Crippen molar-refractivity contribution in [2.24, 2.45) is 11.8 Å². The molecule has 3 rings (SSSR count). The molecule has 1 heterocycles. The Morgan fingerprint density at radius 1 is 1.05 bits per heavy atom. The number of likely N-dealkylation sites (N-methyl/N-ethyl adjacent to an activating group) is 1. The highest BCUT2D eigenvalue weighted by molar-refractivity contribution is 5.20. The molecular weight excluding hydrogens is 256 g/mol. The van der Waals surface area contributed by atoms with Gasteiger partial charge in [0.05, 0.1) is 0 Å². The Morgan fingerprint density at radius 2 is 1.76 bits per heavy atom. The van der Waals surface area contributed by atoms with Crippen LogP contribution in [0, 0.1) is 11.8 Å². The van der Waals surface area contributed by atoms with E-state index in [9.17, 15) is 0 Å². The van der Waals surface area contributed by atoms with E-state index in [0.29, 0.717) is 12.1 Å². The van der Waals surface area contributed by atoms with Crippen LogP contribution in [-0.4, -0.2) is 31.1 Å². The first-order chi connectivity index (χ1) is 10.3. The minimum Gasteiger partial charge on any atom is -0.312 e. The Bertz CT molecular complexity index is 430. The van der Waals surface area contributed by atoms with Gasteiger partial charge in [-0.15, -0.1) is 0 Å². The molecule has 2 heteroatoms. The molecule has 4 unspecified atom stereocenters. The molecule has 1 aromatic rings. The molecule has 1 N–H and O–H groups in total. The Labute approximate surface area is 129 Å². The molecule has 0 spiro atoms. The molecule has 0 radical (unpaired) electrons. The lowest BCUT2D eigenvalue weighted by atomic mass is 9.74. The van der Waals surface area contributed by atoms with E-state index in [1.807, 2.05) is 0 Å². The predicted octanol–water partition coefficient (Wildman–Crippen LogP) is 3.85. The molecule has 1 saturated carbocycles. The van der Waals surface area contributed by atoms with Crippen LogP contribution in [0.4, 0.5) is 0 Å². The van der Waals surface area contributed by atoms with Crippen LogP contribution < -0.4 is 5.32 Å². The molecule has 2 nitrogen and oxygen atoms in total. The first kappa shape index (κ1) is 15.1. The zero-order valence-electron chi connectivity index (χ0n) is 13.6. The van der Waals surface area contributed by atoms with Crippen molar-refractivity contribution < 1.29 is 0 Å². The number of hydrogen-bond donors (Lipinski definition) is 1. The van der Waals surface area contributed by atoms with Crippen LogP contribution in [0.5, 0.6) is 0 Å². The summed E-state index contributed by atoms with van der Waals surface area (Å²) in [5, 5.41) is 3.55. The monoisotopic (exact) mass is 286 g/mol. The number of piperidine rings is 1. The summed E-state index contributed by atoms with van der Waals surface area (Å²) in [6.07, 6.45) is 7.29. The summed E-state index contributed by atoms with van der Waals surface area (Å²) in [6.45, 7) is 5.00. The number of benzene rings is 1. The van der Waals surface area contributed by atoms with Crippen molar-refractivity contribution in [1.82, 2.24) is 10.2 Å². The van der Waals surface area contributed by atoms with Crippen molar-refractivity contribution in [3.63, 3.8) is 0 Å². The van der Waals surface area contributed by atoms with Crippen LogP contribution in [-0.2, 0) is 0 Å². The Hall–Kier alpha value is -0.860. The number of rotatable bonds is 4. The van der Waals surface area contributed by atoms with Gasteiger partial charge in [-0.25, -0.2) is 0 Å². The van der Waals surface area contributed by atoms with Gasteiger partial charge in [0.1, 0.15) is 0 Å². The van der Waals surface area contributed by atoms with E-state index in [0.717, 1.165) is 11.8 Å². The summed E-state index contributed by atoms with van der Waals surface area (Å²) in [7, 11) is 2.10. The van der Waals surface area contributed by atoms with Gasteiger partial charge in [0.2, 0.25) is 0 Å². The van der Waals surface area contributed by atoms with E-state index in [1.165, 1.54) is 50.8 Å².